The first-order chi connectivity index (χ1) is 10.7. The smallest absolute Gasteiger partial charge is 0.253 e. The van der Waals surface area contributed by atoms with Crippen LogP contribution in [0.4, 0.5) is 5.69 Å². The van der Waals surface area contributed by atoms with E-state index in [0.29, 0.717) is 18.4 Å². The number of piperidine rings is 1. The van der Waals surface area contributed by atoms with E-state index in [9.17, 15) is 4.79 Å². The summed E-state index contributed by atoms with van der Waals surface area (Å²) in [6.07, 6.45) is 5.22. The number of nitrogens with zero attached hydrogens (tertiary/aromatic N) is 2. The highest BCUT2D eigenvalue weighted by atomic mass is 16.3. The quantitative estimate of drug-likeness (QED) is 0.928. The van der Waals surface area contributed by atoms with Crippen LogP contribution in [0.5, 0.6) is 0 Å². The number of likely N-dealkylation sites (N-methyl/N-ethyl adjacent to an activating group) is 1. The topological polar surface area (TPSA) is 43.8 Å². The van der Waals surface area contributed by atoms with Gasteiger partial charge in [0.05, 0.1) is 6.61 Å². The normalized spacial score (nSPS) is 24.2. The number of rotatable bonds is 4. The molecule has 3 rings (SSSR count). The minimum atomic E-state index is 0.133. The van der Waals surface area contributed by atoms with Crippen molar-refractivity contribution in [3.63, 3.8) is 0 Å². The summed E-state index contributed by atoms with van der Waals surface area (Å²) in [5.41, 5.74) is 1.81. The van der Waals surface area contributed by atoms with Crippen LogP contribution in [0.1, 0.15) is 36.0 Å². The van der Waals surface area contributed by atoms with E-state index in [1.165, 1.54) is 25.7 Å². The number of amides is 1. The summed E-state index contributed by atoms with van der Waals surface area (Å²) in [4.78, 5) is 16.8. The average Bonchev–Trinajstić information content (AvgIpc) is 2.54. The van der Waals surface area contributed by atoms with Crippen molar-refractivity contribution >= 4 is 11.6 Å². The predicted octanol–water partition coefficient (Wildman–Crippen LogP) is 2.38. The van der Waals surface area contributed by atoms with Crippen LogP contribution < -0.4 is 4.90 Å². The van der Waals surface area contributed by atoms with Crippen LogP contribution in [0.3, 0.4) is 0 Å². The summed E-state index contributed by atoms with van der Waals surface area (Å²) >= 11 is 0. The van der Waals surface area contributed by atoms with Crippen molar-refractivity contribution in [2.75, 3.05) is 38.2 Å². The number of likely N-dealkylation sites (tertiary alicyclic amines) is 1. The van der Waals surface area contributed by atoms with Crippen LogP contribution in [0.2, 0.25) is 0 Å². The van der Waals surface area contributed by atoms with Crippen molar-refractivity contribution in [2.24, 2.45) is 11.8 Å². The molecule has 4 heteroatoms. The molecule has 0 spiro atoms. The number of anilines is 1. The number of aliphatic hydroxyl groups is 1. The Kier molecular flexibility index (Phi) is 4.67. The zero-order chi connectivity index (χ0) is 15.5. The summed E-state index contributed by atoms with van der Waals surface area (Å²) in [6.45, 7) is 2.60. The lowest BCUT2D eigenvalue weighted by Gasteiger charge is -2.41. The Hall–Kier alpha value is -1.55. The zero-order valence-electron chi connectivity index (χ0n) is 13.4. The maximum absolute atomic E-state index is 12.7. The minimum absolute atomic E-state index is 0.133. The van der Waals surface area contributed by atoms with Gasteiger partial charge in [0, 0.05) is 37.9 Å². The molecule has 22 heavy (non-hydrogen) atoms. The largest absolute Gasteiger partial charge is 0.395 e. The Labute approximate surface area is 132 Å². The van der Waals surface area contributed by atoms with Crippen molar-refractivity contribution in [2.45, 2.75) is 25.7 Å². The maximum atomic E-state index is 12.7. The molecule has 2 atom stereocenters. The molecule has 1 amide bonds. The molecule has 0 radical (unpaired) electrons. The van der Waals surface area contributed by atoms with Gasteiger partial charge in [0.15, 0.2) is 0 Å². The fourth-order valence-corrected chi connectivity index (χ4v) is 3.92. The van der Waals surface area contributed by atoms with Gasteiger partial charge in [-0.15, -0.1) is 0 Å². The van der Waals surface area contributed by atoms with Crippen molar-refractivity contribution in [1.29, 1.82) is 0 Å². The maximum Gasteiger partial charge on any atom is 0.253 e. The second-order valence-electron chi connectivity index (χ2n) is 6.80. The number of aliphatic hydroxyl groups excluding tert-OH is 1. The first kappa shape index (κ1) is 15.3. The van der Waals surface area contributed by atoms with Gasteiger partial charge < -0.3 is 14.9 Å². The lowest BCUT2D eigenvalue weighted by Crippen LogP contribution is -2.45. The number of benzene rings is 1. The molecule has 120 valence electrons. The molecule has 1 aliphatic carbocycles. The number of fused-ring (bicyclic) bond motifs is 2. The van der Waals surface area contributed by atoms with Crippen molar-refractivity contribution in [3.8, 4) is 0 Å². The fraction of sp³-hybridized carbons (Fsp3) is 0.611. The Bertz CT molecular complexity index is 502. The lowest BCUT2D eigenvalue weighted by atomic mass is 9.78. The number of carbonyl (C=O) groups excluding carboxylic acids is 1. The van der Waals surface area contributed by atoms with Gasteiger partial charge in [-0.2, -0.15) is 0 Å². The van der Waals surface area contributed by atoms with E-state index in [4.69, 9.17) is 5.11 Å². The van der Waals surface area contributed by atoms with E-state index < -0.39 is 0 Å². The Morgan fingerprint density at radius 3 is 2.45 bits per heavy atom. The van der Waals surface area contributed by atoms with E-state index in [0.717, 1.165) is 24.3 Å². The summed E-state index contributed by atoms with van der Waals surface area (Å²) in [5, 5.41) is 8.99. The van der Waals surface area contributed by atoms with Gasteiger partial charge in [0.25, 0.3) is 5.91 Å². The molecular formula is C18H26N2O2. The first-order valence-electron chi connectivity index (χ1n) is 8.38. The number of carbonyl (C=O) groups is 1. The summed E-state index contributed by atoms with van der Waals surface area (Å²) in [6, 6.07) is 7.76. The van der Waals surface area contributed by atoms with E-state index in [-0.39, 0.29) is 12.5 Å². The van der Waals surface area contributed by atoms with Crippen molar-refractivity contribution in [3.05, 3.63) is 29.8 Å². The molecule has 4 nitrogen and oxygen atoms in total. The summed E-state index contributed by atoms with van der Waals surface area (Å²) in [5.74, 6) is 1.60. The highest BCUT2D eigenvalue weighted by Gasteiger charge is 2.32. The minimum Gasteiger partial charge on any atom is -0.395 e. The highest BCUT2D eigenvalue weighted by Crippen LogP contribution is 2.34. The summed E-state index contributed by atoms with van der Waals surface area (Å²) < 4.78 is 0. The first-order valence-corrected chi connectivity index (χ1v) is 8.38. The van der Waals surface area contributed by atoms with Gasteiger partial charge in [-0.1, -0.05) is 6.42 Å². The second-order valence-corrected chi connectivity index (χ2v) is 6.80. The van der Waals surface area contributed by atoms with Gasteiger partial charge in [0.1, 0.15) is 0 Å². The Morgan fingerprint density at radius 2 is 1.86 bits per heavy atom. The molecule has 1 heterocycles. The average molecular weight is 302 g/mol. The molecule has 1 aromatic rings. The van der Waals surface area contributed by atoms with Gasteiger partial charge in [0.2, 0.25) is 0 Å². The van der Waals surface area contributed by atoms with Crippen LogP contribution in [-0.4, -0.2) is 49.2 Å². The molecule has 1 aromatic carbocycles. The Morgan fingerprint density at radius 1 is 1.23 bits per heavy atom. The monoisotopic (exact) mass is 302 g/mol. The highest BCUT2D eigenvalue weighted by molar-refractivity contribution is 5.94. The van der Waals surface area contributed by atoms with Crippen LogP contribution >= 0.6 is 0 Å². The molecule has 0 unspecified atom stereocenters. The van der Waals surface area contributed by atoms with E-state index in [1.54, 1.807) is 0 Å². The van der Waals surface area contributed by atoms with Gasteiger partial charge in [-0.25, -0.2) is 0 Å². The van der Waals surface area contributed by atoms with Crippen LogP contribution in [0, 0.1) is 11.8 Å². The van der Waals surface area contributed by atoms with Crippen LogP contribution in [0.25, 0.3) is 0 Å². The molecule has 2 fully saturated rings. The molecule has 1 saturated carbocycles. The van der Waals surface area contributed by atoms with Gasteiger partial charge in [-0.3, -0.25) is 4.79 Å². The fourth-order valence-electron chi connectivity index (χ4n) is 3.92. The SMILES string of the molecule is CN(CCO)c1ccc(C(=O)N2C[C@@H]3CCC[C@H](C3)C2)cc1. The molecule has 1 aliphatic heterocycles. The third-order valence-corrected chi connectivity index (χ3v) is 5.13. The van der Waals surface area contributed by atoms with E-state index in [2.05, 4.69) is 4.90 Å². The molecule has 0 aromatic heterocycles. The number of hydrogen-bond acceptors (Lipinski definition) is 3. The van der Waals surface area contributed by atoms with E-state index in [1.807, 2.05) is 36.2 Å². The van der Waals surface area contributed by atoms with E-state index >= 15 is 0 Å². The molecule has 1 N–H and O–H groups in total. The van der Waals surface area contributed by atoms with Crippen LogP contribution in [-0.2, 0) is 0 Å². The predicted molar refractivity (Wildman–Crippen MR) is 88.1 cm³/mol. The Balaban J connectivity index is 1.67. The second kappa shape index (κ2) is 6.69. The third-order valence-electron chi connectivity index (χ3n) is 5.13. The van der Waals surface area contributed by atoms with Gasteiger partial charge in [-0.05, 0) is 55.4 Å². The molecule has 2 aliphatic rings. The molecule has 1 saturated heterocycles. The van der Waals surface area contributed by atoms with Crippen molar-refractivity contribution in [1.82, 2.24) is 4.90 Å². The van der Waals surface area contributed by atoms with Gasteiger partial charge >= 0.3 is 0 Å². The number of hydrogen-bond donors (Lipinski definition) is 1. The molecular weight excluding hydrogens is 276 g/mol. The standard InChI is InChI=1S/C18H26N2O2/c1-19(9-10-21)17-7-5-16(6-8-17)18(22)20-12-14-3-2-4-15(11-14)13-20/h5-8,14-15,21H,2-4,9-13H2,1H3/t14-,15-/m1/s1. The summed E-state index contributed by atoms with van der Waals surface area (Å²) in [7, 11) is 1.94. The lowest BCUT2D eigenvalue weighted by molar-refractivity contribution is 0.0504. The molecule has 2 bridgehead atoms. The third kappa shape index (κ3) is 3.27. The van der Waals surface area contributed by atoms with Crippen LogP contribution in [0.15, 0.2) is 24.3 Å². The zero-order valence-corrected chi connectivity index (χ0v) is 13.4. The van der Waals surface area contributed by atoms with Crippen molar-refractivity contribution < 1.29 is 9.90 Å².